The quantitative estimate of drug-likeness (QED) is 0.128. The molecule has 5 nitrogen and oxygen atoms in total. The maximum absolute atomic E-state index is 12.4. The second-order valence-corrected chi connectivity index (χ2v) is 9.11. The summed E-state index contributed by atoms with van der Waals surface area (Å²) in [5, 5.41) is 2.03. The molecular weight excluding hydrogens is 488 g/mol. The van der Waals surface area contributed by atoms with Crippen LogP contribution in [0.5, 0.6) is 5.75 Å². The Bertz CT molecular complexity index is 1570. The molecular formula is C34H28O5. The van der Waals surface area contributed by atoms with E-state index in [0.29, 0.717) is 17.7 Å². The maximum atomic E-state index is 12.4. The molecule has 0 unspecified atom stereocenters. The van der Waals surface area contributed by atoms with Crippen molar-refractivity contribution in [2.24, 2.45) is 0 Å². The summed E-state index contributed by atoms with van der Waals surface area (Å²) in [4.78, 5) is 35.5. The van der Waals surface area contributed by atoms with Gasteiger partial charge in [-0.3, -0.25) is 4.79 Å². The molecule has 0 spiro atoms. The molecule has 0 saturated carbocycles. The zero-order valence-corrected chi connectivity index (χ0v) is 21.7. The number of hydrogen-bond donors (Lipinski definition) is 0. The summed E-state index contributed by atoms with van der Waals surface area (Å²) in [7, 11) is 0. The topological polar surface area (TPSA) is 69.7 Å². The first-order chi connectivity index (χ1) is 18.8. The minimum Gasteiger partial charge on any atom is -0.458 e. The lowest BCUT2D eigenvalue weighted by Gasteiger charge is -2.07. The second-order valence-electron chi connectivity index (χ2n) is 9.11. The van der Waals surface area contributed by atoms with Crippen LogP contribution in [0.15, 0.2) is 116 Å². The molecule has 39 heavy (non-hydrogen) atoms. The molecule has 0 radical (unpaired) electrons. The Morgan fingerprint density at radius 3 is 2.05 bits per heavy atom. The molecule has 194 valence electrons. The van der Waals surface area contributed by atoms with Gasteiger partial charge in [0.2, 0.25) is 0 Å². The molecule has 0 aliphatic rings. The average Bonchev–Trinajstić information content (AvgIpc) is 2.95. The van der Waals surface area contributed by atoms with Crippen LogP contribution in [0.25, 0.3) is 28.0 Å². The molecule has 0 aliphatic carbocycles. The van der Waals surface area contributed by atoms with E-state index in [4.69, 9.17) is 9.47 Å². The van der Waals surface area contributed by atoms with E-state index in [1.165, 1.54) is 6.08 Å². The Labute approximate surface area is 227 Å². The number of benzene rings is 4. The van der Waals surface area contributed by atoms with Crippen molar-refractivity contribution in [3.63, 3.8) is 0 Å². The van der Waals surface area contributed by atoms with E-state index in [9.17, 15) is 14.4 Å². The predicted octanol–water partition coefficient (Wildman–Crippen LogP) is 7.04. The fourth-order valence-corrected chi connectivity index (χ4v) is 3.90. The monoisotopic (exact) mass is 516 g/mol. The third-order valence-corrected chi connectivity index (χ3v) is 6.09. The van der Waals surface area contributed by atoms with Crippen LogP contribution in [-0.4, -0.2) is 17.7 Å². The van der Waals surface area contributed by atoms with E-state index in [1.807, 2.05) is 72.8 Å². The van der Waals surface area contributed by atoms with Crippen LogP contribution in [-0.2, 0) is 32.1 Å². The zero-order valence-electron chi connectivity index (χ0n) is 21.7. The molecule has 0 amide bonds. The molecule has 0 aromatic heterocycles. The number of fused-ring (bicyclic) bond motifs is 1. The van der Waals surface area contributed by atoms with Gasteiger partial charge in [0.1, 0.15) is 12.4 Å². The Morgan fingerprint density at radius 2 is 1.38 bits per heavy atom. The summed E-state index contributed by atoms with van der Waals surface area (Å²) in [6.07, 6.45) is 4.58. The summed E-state index contributed by atoms with van der Waals surface area (Å²) in [5.74, 6) is -0.465. The number of rotatable bonds is 10. The molecule has 0 N–H and O–H groups in total. The summed E-state index contributed by atoms with van der Waals surface area (Å²) in [6, 6.07) is 26.7. The molecule has 0 bridgehead atoms. The van der Waals surface area contributed by atoms with Gasteiger partial charge in [-0.2, -0.15) is 0 Å². The molecule has 0 heterocycles. The Morgan fingerprint density at radius 1 is 0.769 bits per heavy atom. The molecule has 5 heteroatoms. The Balaban J connectivity index is 1.34. The highest BCUT2D eigenvalue weighted by Gasteiger charge is 2.07. The molecule has 4 rings (SSSR count). The standard InChI is InChI=1S/C34H28O5/c1-4-33(36)38-22-25-6-10-27(11-7-25)28-14-16-31(17-15-28)39-34(37)18-9-24-5-12-30-20-26(8-13-29(30)19-24)21-32(35)23(2)3/h4-20H,1-2,21-22H2,3H3/b18-9+. The van der Waals surface area contributed by atoms with Crippen molar-refractivity contribution >= 4 is 34.6 Å². The van der Waals surface area contributed by atoms with Crippen LogP contribution in [0.2, 0.25) is 0 Å². The molecule has 4 aromatic carbocycles. The maximum Gasteiger partial charge on any atom is 0.336 e. The van der Waals surface area contributed by atoms with Crippen LogP contribution in [0.3, 0.4) is 0 Å². The van der Waals surface area contributed by atoms with Gasteiger partial charge >= 0.3 is 11.9 Å². The number of carbonyl (C=O) groups is 3. The zero-order chi connectivity index (χ0) is 27.8. The van der Waals surface area contributed by atoms with Gasteiger partial charge < -0.3 is 9.47 Å². The molecule has 4 aromatic rings. The van der Waals surface area contributed by atoms with Crippen molar-refractivity contribution in [1.29, 1.82) is 0 Å². The van der Waals surface area contributed by atoms with E-state index in [1.54, 1.807) is 25.1 Å². The Hall–Kier alpha value is -5.03. The molecule has 0 aliphatic heterocycles. The smallest absolute Gasteiger partial charge is 0.336 e. The van der Waals surface area contributed by atoms with Crippen molar-refractivity contribution in [1.82, 2.24) is 0 Å². The van der Waals surface area contributed by atoms with E-state index in [2.05, 4.69) is 13.2 Å². The van der Waals surface area contributed by atoms with Gasteiger partial charge in [0, 0.05) is 18.6 Å². The average molecular weight is 517 g/mol. The van der Waals surface area contributed by atoms with E-state index in [0.717, 1.165) is 44.7 Å². The number of esters is 2. The SMILES string of the molecule is C=CC(=O)OCc1ccc(-c2ccc(OC(=O)/C=C/c3ccc4cc(CC(=O)C(=C)C)ccc4c3)cc2)cc1. The van der Waals surface area contributed by atoms with E-state index < -0.39 is 11.9 Å². The lowest BCUT2D eigenvalue weighted by molar-refractivity contribution is -0.139. The van der Waals surface area contributed by atoms with Crippen molar-refractivity contribution in [3.8, 4) is 16.9 Å². The van der Waals surface area contributed by atoms with Crippen molar-refractivity contribution in [2.75, 3.05) is 0 Å². The lowest BCUT2D eigenvalue weighted by atomic mass is 10.00. The van der Waals surface area contributed by atoms with Crippen LogP contribution in [0.4, 0.5) is 0 Å². The molecule has 0 atom stereocenters. The number of ketones is 1. The fraction of sp³-hybridized carbons (Fsp3) is 0.0882. The predicted molar refractivity (Wildman–Crippen MR) is 154 cm³/mol. The number of Topliss-reactive ketones (excluding diaryl/α,β-unsaturated/α-hetero) is 1. The summed E-state index contributed by atoms with van der Waals surface area (Å²) in [5.41, 5.74) is 5.17. The third kappa shape index (κ3) is 7.49. The van der Waals surface area contributed by atoms with E-state index in [-0.39, 0.29) is 12.4 Å². The highest BCUT2D eigenvalue weighted by molar-refractivity contribution is 5.96. The second kappa shape index (κ2) is 12.5. The first-order valence-corrected chi connectivity index (χ1v) is 12.4. The van der Waals surface area contributed by atoms with Crippen LogP contribution in [0, 0.1) is 0 Å². The Kier molecular flexibility index (Phi) is 8.64. The van der Waals surface area contributed by atoms with Gasteiger partial charge in [-0.05, 0) is 75.4 Å². The first kappa shape index (κ1) is 27.0. The minimum atomic E-state index is -0.477. The number of carbonyl (C=O) groups excluding carboxylic acids is 3. The van der Waals surface area contributed by atoms with Crippen molar-refractivity contribution < 1.29 is 23.9 Å². The number of hydrogen-bond acceptors (Lipinski definition) is 5. The van der Waals surface area contributed by atoms with Gasteiger partial charge in [0.05, 0.1) is 0 Å². The van der Waals surface area contributed by atoms with Crippen LogP contribution < -0.4 is 4.74 Å². The van der Waals surface area contributed by atoms with Crippen LogP contribution in [0.1, 0.15) is 23.6 Å². The first-order valence-electron chi connectivity index (χ1n) is 12.4. The van der Waals surface area contributed by atoms with Gasteiger partial charge in [0.15, 0.2) is 5.78 Å². The fourth-order valence-electron chi connectivity index (χ4n) is 3.90. The summed E-state index contributed by atoms with van der Waals surface area (Å²) < 4.78 is 10.5. The molecule has 0 fully saturated rings. The highest BCUT2D eigenvalue weighted by atomic mass is 16.5. The van der Waals surface area contributed by atoms with Crippen LogP contribution >= 0.6 is 0 Å². The number of allylic oxidation sites excluding steroid dienone is 1. The van der Waals surface area contributed by atoms with Gasteiger partial charge in [0.25, 0.3) is 0 Å². The van der Waals surface area contributed by atoms with Crippen molar-refractivity contribution in [2.45, 2.75) is 20.0 Å². The largest absolute Gasteiger partial charge is 0.458 e. The minimum absolute atomic E-state index is 0.0291. The van der Waals surface area contributed by atoms with Gasteiger partial charge in [-0.25, -0.2) is 9.59 Å². The third-order valence-electron chi connectivity index (χ3n) is 6.09. The highest BCUT2D eigenvalue weighted by Crippen LogP contribution is 2.24. The normalized spacial score (nSPS) is 10.8. The van der Waals surface area contributed by atoms with E-state index >= 15 is 0 Å². The molecule has 0 saturated heterocycles. The summed E-state index contributed by atoms with van der Waals surface area (Å²) in [6.45, 7) is 8.99. The lowest BCUT2D eigenvalue weighted by Crippen LogP contribution is -2.03. The van der Waals surface area contributed by atoms with Gasteiger partial charge in [-0.1, -0.05) is 79.9 Å². The van der Waals surface area contributed by atoms with Crippen molar-refractivity contribution in [3.05, 3.63) is 133 Å². The summed E-state index contributed by atoms with van der Waals surface area (Å²) >= 11 is 0. The van der Waals surface area contributed by atoms with Gasteiger partial charge in [-0.15, -0.1) is 0 Å². The number of ether oxygens (including phenoxy) is 2.